The van der Waals surface area contributed by atoms with E-state index in [2.05, 4.69) is 0 Å². The molecule has 1 atom stereocenters. The van der Waals surface area contributed by atoms with E-state index in [1.54, 1.807) is 7.11 Å². The van der Waals surface area contributed by atoms with Gasteiger partial charge in [-0.25, -0.2) is 0 Å². The summed E-state index contributed by atoms with van der Waals surface area (Å²) in [5.74, 6) is 0.709. The molecule has 0 saturated heterocycles. The van der Waals surface area contributed by atoms with Crippen molar-refractivity contribution in [2.45, 2.75) is 26.4 Å². The topological polar surface area (TPSA) is 35.5 Å². The van der Waals surface area contributed by atoms with Gasteiger partial charge in [-0.15, -0.1) is 0 Å². The molecule has 3 radical (unpaired) electrons. The maximum absolute atomic E-state index is 11.0. The van der Waals surface area contributed by atoms with Gasteiger partial charge in [0.2, 0.25) is 0 Å². The Balaban J connectivity index is 4.31. The van der Waals surface area contributed by atoms with Gasteiger partial charge >= 0.3 is 89.5 Å². The average Bonchev–Trinajstić information content (AvgIpc) is 2.12. The van der Waals surface area contributed by atoms with E-state index >= 15 is 0 Å². The van der Waals surface area contributed by atoms with Crippen LogP contribution < -0.4 is 0 Å². The van der Waals surface area contributed by atoms with Crippen molar-refractivity contribution >= 4 is 32.0 Å². The minimum atomic E-state index is -0.127. The number of hydrogen-bond acceptors (Lipinski definition) is 3. The summed E-state index contributed by atoms with van der Waals surface area (Å²) >= 11 is 0.582. The molecule has 0 aliphatic carbocycles. The molecule has 3 nitrogen and oxygen atoms in total. The zero-order valence-corrected chi connectivity index (χ0v) is 11.5. The molecule has 12 heavy (non-hydrogen) atoms. The Morgan fingerprint density at radius 2 is 2.25 bits per heavy atom. The number of allylic oxidation sites excluding steroid dienone is 1. The Labute approximate surface area is 89.5 Å². The van der Waals surface area contributed by atoms with E-state index in [0.29, 0.717) is 38.4 Å². The summed E-state index contributed by atoms with van der Waals surface area (Å²) in [6, 6.07) is 0. The van der Waals surface area contributed by atoms with Gasteiger partial charge < -0.3 is 0 Å². The Hall–Kier alpha value is 0.0921. The predicted molar refractivity (Wildman–Crippen MR) is 46.7 cm³/mol. The Kier molecular flexibility index (Phi) is 6.64. The fourth-order valence-electron chi connectivity index (χ4n) is 0.607. The summed E-state index contributed by atoms with van der Waals surface area (Å²) in [6.07, 6.45) is 1.89. The van der Waals surface area contributed by atoms with Gasteiger partial charge in [0, 0.05) is 0 Å². The molecule has 4 heteroatoms. The molecule has 0 aromatic rings. The molecule has 0 amide bonds. The first-order valence-electron chi connectivity index (χ1n) is 3.76. The number of methoxy groups -OCH3 is 1. The number of carbonyl (C=O) groups excluding carboxylic acids is 1. The van der Waals surface area contributed by atoms with Crippen LogP contribution in [-0.2, 0) is 12.2 Å². The van der Waals surface area contributed by atoms with Crippen molar-refractivity contribution in [3.8, 4) is 0 Å². The number of hydrogen-bond donors (Lipinski definition) is 0. The molecule has 0 bridgehead atoms. The van der Waals surface area contributed by atoms with Gasteiger partial charge in [0.25, 0.3) is 0 Å². The van der Waals surface area contributed by atoms with Crippen molar-refractivity contribution in [1.29, 1.82) is 0 Å². The van der Waals surface area contributed by atoms with Gasteiger partial charge in [-0.2, -0.15) is 0 Å². The van der Waals surface area contributed by atoms with Crippen LogP contribution in [0.5, 0.6) is 0 Å². The monoisotopic (exact) mass is 365 g/mol. The Morgan fingerprint density at radius 1 is 1.67 bits per heavy atom. The molecule has 0 rings (SSSR count). The minimum absolute atomic E-state index is 0.0738. The van der Waals surface area contributed by atoms with Crippen molar-refractivity contribution in [2.75, 3.05) is 7.11 Å². The normalized spacial score (nSPS) is 14.2. The molecule has 0 spiro atoms. The molecule has 0 saturated carbocycles. The Bertz CT molecular complexity index is 177. The fourth-order valence-corrected chi connectivity index (χ4v) is 1.48. The number of ether oxygens (including phenoxy) is 1. The standard InChI is InChI=1S/C8H14O3.Pb/c1-4-7(9)5-8(10)6(2)11-3;/h5-6,10H,4H2,1-3H3;/q;+1/p-1/b8-5-;. The van der Waals surface area contributed by atoms with E-state index in [1.165, 1.54) is 6.08 Å². The third-order valence-electron chi connectivity index (χ3n) is 1.52. The van der Waals surface area contributed by atoms with Crippen molar-refractivity contribution in [2.24, 2.45) is 0 Å². The zero-order valence-electron chi connectivity index (χ0n) is 7.59. The van der Waals surface area contributed by atoms with Crippen molar-refractivity contribution in [1.82, 2.24) is 0 Å². The fraction of sp³-hybridized carbons (Fsp3) is 0.625. The quantitative estimate of drug-likeness (QED) is 0.415. The second-order valence-electron chi connectivity index (χ2n) is 2.35. The number of rotatable bonds is 5. The van der Waals surface area contributed by atoms with Crippen molar-refractivity contribution < 1.29 is 12.2 Å². The second kappa shape index (κ2) is 6.59. The van der Waals surface area contributed by atoms with Crippen LogP contribution in [0.15, 0.2) is 11.8 Å². The third kappa shape index (κ3) is 4.20. The van der Waals surface area contributed by atoms with E-state index in [1.807, 2.05) is 13.8 Å². The van der Waals surface area contributed by atoms with E-state index in [9.17, 15) is 4.79 Å². The van der Waals surface area contributed by atoms with Crippen LogP contribution in [0.3, 0.4) is 0 Å². The van der Waals surface area contributed by atoms with Crippen LogP contribution in [-0.4, -0.2) is 45.2 Å². The van der Waals surface area contributed by atoms with Crippen LogP contribution in [0.2, 0.25) is 0 Å². The maximum atomic E-state index is 11.0. The molecule has 0 fully saturated rings. The van der Waals surface area contributed by atoms with Crippen LogP contribution in [0.4, 0.5) is 0 Å². The zero-order chi connectivity index (χ0) is 9.56. The second-order valence-corrected chi connectivity index (χ2v) is 3.14. The summed E-state index contributed by atoms with van der Waals surface area (Å²) in [6.45, 7) is 3.67. The molecule has 0 N–H and O–H groups in total. The van der Waals surface area contributed by atoms with E-state index in [4.69, 9.17) is 7.42 Å². The molecular formula is C8H13O3Pb. The van der Waals surface area contributed by atoms with Gasteiger partial charge in [-0.3, -0.25) is 0 Å². The van der Waals surface area contributed by atoms with E-state index in [-0.39, 0.29) is 11.9 Å². The molecule has 0 aliphatic heterocycles. The SMILES string of the molecule is CCC(=O)/C=C(\[O][Pb])C(C)OC. The molecule has 0 aliphatic rings. The van der Waals surface area contributed by atoms with Crippen LogP contribution in [0.25, 0.3) is 0 Å². The molecule has 0 aromatic carbocycles. The number of carbonyl (C=O) groups is 1. The van der Waals surface area contributed by atoms with Gasteiger partial charge in [-0.05, 0) is 0 Å². The van der Waals surface area contributed by atoms with E-state index < -0.39 is 0 Å². The van der Waals surface area contributed by atoms with Crippen LogP contribution >= 0.6 is 0 Å². The average molecular weight is 364 g/mol. The first-order chi connectivity index (χ1) is 5.65. The van der Waals surface area contributed by atoms with Crippen molar-refractivity contribution in [3.63, 3.8) is 0 Å². The van der Waals surface area contributed by atoms with Crippen molar-refractivity contribution in [3.05, 3.63) is 11.8 Å². The first kappa shape index (κ1) is 12.1. The summed E-state index contributed by atoms with van der Waals surface area (Å²) in [5.41, 5.74) is 0. The van der Waals surface area contributed by atoms with Crippen LogP contribution in [0, 0.1) is 0 Å². The molecule has 0 heterocycles. The summed E-state index contributed by atoms with van der Waals surface area (Å²) in [4.78, 5) is 11.0. The first-order valence-corrected chi connectivity index (χ1v) is 5.35. The molecule has 0 aromatic heterocycles. The van der Waals surface area contributed by atoms with Gasteiger partial charge in [0.05, 0.1) is 0 Å². The Morgan fingerprint density at radius 3 is 2.58 bits per heavy atom. The summed E-state index contributed by atoms with van der Waals surface area (Å²) in [5, 5.41) is 0. The van der Waals surface area contributed by atoms with Gasteiger partial charge in [-0.1, -0.05) is 0 Å². The summed E-state index contributed by atoms with van der Waals surface area (Å²) in [7, 11) is 1.59. The van der Waals surface area contributed by atoms with Crippen LogP contribution in [0.1, 0.15) is 20.3 Å². The van der Waals surface area contributed by atoms with Gasteiger partial charge in [0.15, 0.2) is 0 Å². The summed E-state index contributed by atoms with van der Waals surface area (Å²) < 4.78 is 10.2. The van der Waals surface area contributed by atoms with E-state index in [0.717, 1.165) is 0 Å². The van der Waals surface area contributed by atoms with Gasteiger partial charge in [0.1, 0.15) is 0 Å². The third-order valence-corrected chi connectivity index (χ3v) is 2.44. The molecule has 1 unspecified atom stereocenters. The molecular weight excluding hydrogens is 351 g/mol. The molecule has 67 valence electrons. The predicted octanol–water partition coefficient (Wildman–Crippen LogP) is 0.984. The number of ketones is 1.